The molecule has 7 heteroatoms. The van der Waals surface area contributed by atoms with E-state index in [0.717, 1.165) is 25.2 Å². The molecule has 1 aromatic carbocycles. The molecule has 0 atom stereocenters. The van der Waals surface area contributed by atoms with E-state index >= 15 is 0 Å². The zero-order valence-electron chi connectivity index (χ0n) is 13.0. The highest BCUT2D eigenvalue weighted by molar-refractivity contribution is 6.42. The summed E-state index contributed by atoms with van der Waals surface area (Å²) < 4.78 is 0. The van der Waals surface area contributed by atoms with Crippen molar-refractivity contribution in [1.29, 1.82) is 0 Å². The lowest BCUT2D eigenvalue weighted by molar-refractivity contribution is 0.102. The van der Waals surface area contributed by atoms with E-state index in [9.17, 15) is 4.79 Å². The standard InChI is InChI=1S/C16H18Cl2N4O/c1-3-4-7-22(2)15-10-19-14(9-20-15)16(23)21-11-5-6-12(17)13(18)8-11/h5-6,8-10H,3-4,7H2,1-2H3,(H,21,23). The third kappa shape index (κ3) is 4.81. The molecule has 2 rings (SSSR count). The van der Waals surface area contributed by atoms with Gasteiger partial charge in [0.05, 0.1) is 22.4 Å². The average molecular weight is 353 g/mol. The molecule has 5 nitrogen and oxygen atoms in total. The van der Waals surface area contributed by atoms with Gasteiger partial charge in [-0.25, -0.2) is 9.97 Å². The molecule has 0 aliphatic carbocycles. The van der Waals surface area contributed by atoms with E-state index in [1.54, 1.807) is 24.4 Å². The summed E-state index contributed by atoms with van der Waals surface area (Å²) in [6, 6.07) is 4.88. The van der Waals surface area contributed by atoms with Crippen molar-refractivity contribution >= 4 is 40.6 Å². The number of carbonyl (C=O) groups is 1. The Balaban J connectivity index is 2.03. The number of anilines is 2. The van der Waals surface area contributed by atoms with Crippen molar-refractivity contribution in [3.8, 4) is 0 Å². The number of unbranched alkanes of at least 4 members (excludes halogenated alkanes) is 1. The first-order valence-corrected chi connectivity index (χ1v) is 8.06. The van der Waals surface area contributed by atoms with E-state index in [-0.39, 0.29) is 11.6 Å². The monoisotopic (exact) mass is 352 g/mol. The summed E-state index contributed by atoms with van der Waals surface area (Å²) in [7, 11) is 1.95. The first-order chi connectivity index (χ1) is 11.0. The Morgan fingerprint density at radius 2 is 2.00 bits per heavy atom. The lowest BCUT2D eigenvalue weighted by Gasteiger charge is -2.17. The average Bonchev–Trinajstić information content (AvgIpc) is 2.56. The molecule has 1 amide bonds. The van der Waals surface area contributed by atoms with Gasteiger partial charge in [-0.15, -0.1) is 0 Å². The second-order valence-electron chi connectivity index (χ2n) is 5.12. The van der Waals surface area contributed by atoms with Crippen molar-refractivity contribution in [2.45, 2.75) is 19.8 Å². The zero-order chi connectivity index (χ0) is 16.8. The summed E-state index contributed by atoms with van der Waals surface area (Å²) >= 11 is 11.8. The molecule has 122 valence electrons. The van der Waals surface area contributed by atoms with E-state index in [1.807, 2.05) is 11.9 Å². The van der Waals surface area contributed by atoms with Crippen molar-refractivity contribution in [1.82, 2.24) is 9.97 Å². The zero-order valence-corrected chi connectivity index (χ0v) is 14.5. The van der Waals surface area contributed by atoms with Crippen LogP contribution in [-0.4, -0.2) is 29.5 Å². The molecule has 23 heavy (non-hydrogen) atoms. The fourth-order valence-electron chi connectivity index (χ4n) is 1.91. The molecule has 1 aromatic heterocycles. The second kappa shape index (κ2) is 8.13. The van der Waals surface area contributed by atoms with Crippen molar-refractivity contribution in [3.05, 3.63) is 46.3 Å². The summed E-state index contributed by atoms with van der Waals surface area (Å²) in [6.07, 6.45) is 5.25. The van der Waals surface area contributed by atoms with E-state index in [0.29, 0.717) is 15.7 Å². The van der Waals surface area contributed by atoms with Crippen LogP contribution in [0.4, 0.5) is 11.5 Å². The van der Waals surface area contributed by atoms with Gasteiger partial charge in [0.1, 0.15) is 11.5 Å². The predicted molar refractivity (Wildman–Crippen MR) is 94.6 cm³/mol. The summed E-state index contributed by atoms with van der Waals surface area (Å²) in [5, 5.41) is 3.52. The molecule has 0 aliphatic heterocycles. The number of carbonyl (C=O) groups excluding carboxylic acids is 1. The molecule has 0 spiro atoms. The maximum atomic E-state index is 12.2. The minimum absolute atomic E-state index is 0.240. The quantitative estimate of drug-likeness (QED) is 0.843. The largest absolute Gasteiger partial charge is 0.358 e. The molecule has 1 heterocycles. The summed E-state index contributed by atoms with van der Waals surface area (Å²) in [4.78, 5) is 22.6. The minimum Gasteiger partial charge on any atom is -0.358 e. The van der Waals surface area contributed by atoms with Crippen LogP contribution in [-0.2, 0) is 0 Å². The third-order valence-corrected chi connectivity index (χ3v) is 4.03. The Morgan fingerprint density at radius 1 is 1.22 bits per heavy atom. The maximum absolute atomic E-state index is 12.2. The first kappa shape index (κ1) is 17.5. The molecule has 0 unspecified atom stereocenters. The number of hydrogen-bond donors (Lipinski definition) is 1. The fourth-order valence-corrected chi connectivity index (χ4v) is 2.21. The lowest BCUT2D eigenvalue weighted by Crippen LogP contribution is -2.21. The number of nitrogens with one attached hydrogen (secondary N) is 1. The Kier molecular flexibility index (Phi) is 6.19. The van der Waals surface area contributed by atoms with Gasteiger partial charge < -0.3 is 10.2 Å². The van der Waals surface area contributed by atoms with Gasteiger partial charge in [0.25, 0.3) is 5.91 Å². The van der Waals surface area contributed by atoms with Gasteiger partial charge in [0, 0.05) is 19.3 Å². The molecular formula is C16H18Cl2N4O. The number of hydrogen-bond acceptors (Lipinski definition) is 4. The highest BCUT2D eigenvalue weighted by Gasteiger charge is 2.10. The van der Waals surface area contributed by atoms with Gasteiger partial charge in [0.15, 0.2) is 0 Å². The van der Waals surface area contributed by atoms with Crippen LogP contribution < -0.4 is 10.2 Å². The Bertz CT molecular complexity index is 676. The van der Waals surface area contributed by atoms with Crippen LogP contribution >= 0.6 is 23.2 Å². The minimum atomic E-state index is -0.348. The fraction of sp³-hybridized carbons (Fsp3) is 0.312. The van der Waals surface area contributed by atoms with Crippen LogP contribution in [0.2, 0.25) is 10.0 Å². The van der Waals surface area contributed by atoms with Crippen LogP contribution in [0, 0.1) is 0 Å². The van der Waals surface area contributed by atoms with Crippen LogP contribution in [0.3, 0.4) is 0 Å². The van der Waals surface area contributed by atoms with Gasteiger partial charge >= 0.3 is 0 Å². The lowest BCUT2D eigenvalue weighted by atomic mass is 10.3. The Hall–Kier alpha value is -1.85. The van der Waals surface area contributed by atoms with Crippen LogP contribution in [0.5, 0.6) is 0 Å². The molecule has 0 saturated carbocycles. The molecule has 0 fully saturated rings. The van der Waals surface area contributed by atoms with Crippen molar-refractivity contribution in [2.75, 3.05) is 23.8 Å². The van der Waals surface area contributed by atoms with Crippen molar-refractivity contribution < 1.29 is 4.79 Å². The smallest absolute Gasteiger partial charge is 0.275 e. The normalized spacial score (nSPS) is 10.4. The molecule has 1 N–H and O–H groups in total. The topological polar surface area (TPSA) is 58.1 Å². The highest BCUT2D eigenvalue weighted by Crippen LogP contribution is 2.25. The number of nitrogens with zero attached hydrogens (tertiary/aromatic N) is 3. The van der Waals surface area contributed by atoms with E-state index in [4.69, 9.17) is 23.2 Å². The van der Waals surface area contributed by atoms with Crippen LogP contribution in [0.25, 0.3) is 0 Å². The van der Waals surface area contributed by atoms with E-state index < -0.39 is 0 Å². The second-order valence-corrected chi connectivity index (χ2v) is 5.93. The molecule has 0 bridgehead atoms. The SMILES string of the molecule is CCCCN(C)c1cnc(C(=O)Nc2ccc(Cl)c(Cl)c2)cn1. The summed E-state index contributed by atoms with van der Waals surface area (Å²) in [6.45, 7) is 3.04. The van der Waals surface area contributed by atoms with Gasteiger partial charge in [0.2, 0.25) is 0 Å². The van der Waals surface area contributed by atoms with Crippen molar-refractivity contribution in [2.24, 2.45) is 0 Å². The maximum Gasteiger partial charge on any atom is 0.275 e. The van der Waals surface area contributed by atoms with Gasteiger partial charge in [-0.1, -0.05) is 36.5 Å². The predicted octanol–water partition coefficient (Wildman–Crippen LogP) is 4.27. The summed E-state index contributed by atoms with van der Waals surface area (Å²) in [5.41, 5.74) is 0.791. The molecule has 2 aromatic rings. The number of aromatic nitrogens is 2. The molecule has 0 radical (unpaired) electrons. The number of benzene rings is 1. The Labute approximate surface area is 145 Å². The van der Waals surface area contributed by atoms with Crippen LogP contribution in [0.1, 0.15) is 30.3 Å². The van der Waals surface area contributed by atoms with Crippen molar-refractivity contribution in [3.63, 3.8) is 0 Å². The number of halogens is 2. The van der Waals surface area contributed by atoms with Gasteiger partial charge in [-0.05, 0) is 24.6 Å². The molecular weight excluding hydrogens is 335 g/mol. The first-order valence-electron chi connectivity index (χ1n) is 7.31. The van der Waals surface area contributed by atoms with Crippen LogP contribution in [0.15, 0.2) is 30.6 Å². The van der Waals surface area contributed by atoms with Gasteiger partial charge in [-0.2, -0.15) is 0 Å². The summed E-state index contributed by atoms with van der Waals surface area (Å²) in [5.74, 6) is 0.392. The highest BCUT2D eigenvalue weighted by atomic mass is 35.5. The number of amides is 1. The van der Waals surface area contributed by atoms with Gasteiger partial charge in [-0.3, -0.25) is 4.79 Å². The third-order valence-electron chi connectivity index (χ3n) is 3.29. The van der Waals surface area contributed by atoms with E-state index in [1.165, 1.54) is 6.20 Å². The van der Waals surface area contributed by atoms with E-state index in [2.05, 4.69) is 22.2 Å². The Morgan fingerprint density at radius 3 is 2.61 bits per heavy atom. The number of rotatable bonds is 6. The molecule has 0 aliphatic rings. The molecule has 0 saturated heterocycles.